The molecule has 29 heavy (non-hydrogen) atoms. The van der Waals surface area contributed by atoms with Crippen LogP contribution in [0.5, 0.6) is 5.75 Å². The molecule has 0 saturated heterocycles. The van der Waals surface area contributed by atoms with Crippen LogP contribution in [0.4, 0.5) is 0 Å². The van der Waals surface area contributed by atoms with E-state index in [0.29, 0.717) is 23.7 Å². The number of carbonyl (C=O) groups excluding carboxylic acids is 2. The van der Waals surface area contributed by atoms with Gasteiger partial charge in [0.25, 0.3) is 5.91 Å². The highest BCUT2D eigenvalue weighted by Gasteiger charge is 2.16. The maximum atomic E-state index is 12.1. The van der Waals surface area contributed by atoms with Gasteiger partial charge in [-0.1, -0.05) is 28.9 Å². The number of carbonyl (C=O) groups is 2. The predicted octanol–water partition coefficient (Wildman–Crippen LogP) is 2.60. The van der Waals surface area contributed by atoms with Crippen LogP contribution in [0.3, 0.4) is 0 Å². The van der Waals surface area contributed by atoms with E-state index in [1.807, 2.05) is 38.1 Å². The fourth-order valence-electron chi connectivity index (χ4n) is 2.62. The highest BCUT2D eigenvalue weighted by Crippen LogP contribution is 2.16. The third kappa shape index (κ3) is 5.41. The first-order valence-electron chi connectivity index (χ1n) is 9.27. The molecule has 150 valence electrons. The number of amides is 2. The SMILES string of the molecule is CCOc1ccc(C(=O)NCCNC(=O)c2nc(-c3cccc(C)c3)no2)cc1. The Morgan fingerprint density at radius 3 is 2.45 bits per heavy atom. The second-order valence-corrected chi connectivity index (χ2v) is 6.26. The Morgan fingerprint density at radius 2 is 1.76 bits per heavy atom. The number of nitrogens with one attached hydrogen (secondary N) is 2. The van der Waals surface area contributed by atoms with Gasteiger partial charge < -0.3 is 19.9 Å². The molecule has 0 aliphatic rings. The molecule has 0 spiro atoms. The van der Waals surface area contributed by atoms with Gasteiger partial charge in [-0.15, -0.1) is 0 Å². The molecule has 3 rings (SSSR count). The second kappa shape index (κ2) is 9.50. The number of benzene rings is 2. The fourth-order valence-corrected chi connectivity index (χ4v) is 2.62. The lowest BCUT2D eigenvalue weighted by Gasteiger charge is -2.07. The molecule has 1 heterocycles. The Bertz CT molecular complexity index is 982. The monoisotopic (exact) mass is 394 g/mol. The van der Waals surface area contributed by atoms with Crippen molar-refractivity contribution in [2.75, 3.05) is 19.7 Å². The zero-order chi connectivity index (χ0) is 20.6. The Labute approximate surface area is 168 Å². The molecule has 0 aliphatic heterocycles. The summed E-state index contributed by atoms with van der Waals surface area (Å²) in [6.45, 7) is 4.91. The zero-order valence-corrected chi connectivity index (χ0v) is 16.3. The van der Waals surface area contributed by atoms with Gasteiger partial charge in [0.05, 0.1) is 6.61 Å². The molecular weight excluding hydrogens is 372 g/mol. The van der Waals surface area contributed by atoms with Crippen LogP contribution in [0, 0.1) is 6.92 Å². The van der Waals surface area contributed by atoms with E-state index in [2.05, 4.69) is 20.8 Å². The zero-order valence-electron chi connectivity index (χ0n) is 16.3. The molecule has 1 aromatic heterocycles. The first kappa shape index (κ1) is 20.1. The van der Waals surface area contributed by atoms with Gasteiger partial charge in [0.15, 0.2) is 0 Å². The van der Waals surface area contributed by atoms with E-state index in [1.54, 1.807) is 24.3 Å². The summed E-state index contributed by atoms with van der Waals surface area (Å²) in [5.41, 5.74) is 2.34. The maximum Gasteiger partial charge on any atom is 0.316 e. The molecule has 0 unspecified atom stereocenters. The molecule has 0 radical (unpaired) electrons. The first-order chi connectivity index (χ1) is 14.1. The summed E-state index contributed by atoms with van der Waals surface area (Å²) >= 11 is 0. The molecule has 8 heteroatoms. The smallest absolute Gasteiger partial charge is 0.316 e. The predicted molar refractivity (Wildman–Crippen MR) is 107 cm³/mol. The van der Waals surface area contributed by atoms with Crippen LogP contribution >= 0.6 is 0 Å². The van der Waals surface area contributed by atoms with Crippen LogP contribution in [0.2, 0.25) is 0 Å². The minimum absolute atomic E-state index is 0.126. The number of nitrogens with zero attached hydrogens (tertiary/aromatic N) is 2. The van der Waals surface area contributed by atoms with E-state index in [9.17, 15) is 9.59 Å². The van der Waals surface area contributed by atoms with Gasteiger partial charge >= 0.3 is 11.8 Å². The summed E-state index contributed by atoms with van der Waals surface area (Å²) in [5, 5.41) is 9.21. The van der Waals surface area contributed by atoms with E-state index in [4.69, 9.17) is 9.26 Å². The standard InChI is InChI=1S/C21H22N4O4/c1-3-28-17-9-7-15(8-10-17)19(26)22-11-12-23-20(27)21-24-18(25-29-21)16-6-4-5-14(2)13-16/h4-10,13H,3,11-12H2,1-2H3,(H,22,26)(H,23,27). The van der Waals surface area contributed by atoms with Crippen LogP contribution < -0.4 is 15.4 Å². The molecule has 2 amide bonds. The number of rotatable bonds is 8. The van der Waals surface area contributed by atoms with Crippen LogP contribution in [0.15, 0.2) is 53.1 Å². The van der Waals surface area contributed by atoms with Crippen LogP contribution in [-0.4, -0.2) is 41.7 Å². The van der Waals surface area contributed by atoms with E-state index in [-0.39, 0.29) is 24.9 Å². The first-order valence-corrected chi connectivity index (χ1v) is 9.27. The Kier molecular flexibility index (Phi) is 6.57. The van der Waals surface area contributed by atoms with Crippen molar-refractivity contribution in [1.29, 1.82) is 0 Å². The average molecular weight is 394 g/mol. The van der Waals surface area contributed by atoms with Crippen molar-refractivity contribution >= 4 is 11.8 Å². The van der Waals surface area contributed by atoms with E-state index in [0.717, 1.165) is 11.1 Å². The summed E-state index contributed by atoms with van der Waals surface area (Å²) in [6, 6.07) is 14.4. The van der Waals surface area contributed by atoms with Crippen molar-refractivity contribution in [3.05, 3.63) is 65.5 Å². The van der Waals surface area contributed by atoms with Crippen LogP contribution in [0.1, 0.15) is 33.5 Å². The van der Waals surface area contributed by atoms with Gasteiger partial charge in [-0.2, -0.15) is 4.98 Å². The van der Waals surface area contributed by atoms with Crippen molar-refractivity contribution < 1.29 is 18.8 Å². The van der Waals surface area contributed by atoms with Crippen LogP contribution in [-0.2, 0) is 0 Å². The minimum Gasteiger partial charge on any atom is -0.494 e. The van der Waals surface area contributed by atoms with Crippen molar-refractivity contribution in [2.45, 2.75) is 13.8 Å². The van der Waals surface area contributed by atoms with Crippen molar-refractivity contribution in [3.63, 3.8) is 0 Å². The van der Waals surface area contributed by atoms with Gasteiger partial charge in [-0.3, -0.25) is 9.59 Å². The molecule has 0 saturated carbocycles. The van der Waals surface area contributed by atoms with Gasteiger partial charge in [0.1, 0.15) is 5.75 Å². The summed E-state index contributed by atoms with van der Waals surface area (Å²) in [5.74, 6) is 0.205. The quantitative estimate of drug-likeness (QED) is 0.569. The van der Waals surface area contributed by atoms with Gasteiger partial charge in [-0.05, 0) is 44.2 Å². The third-order valence-electron chi connectivity index (χ3n) is 4.02. The maximum absolute atomic E-state index is 12.1. The number of aryl methyl sites for hydroxylation is 1. The molecule has 2 aromatic carbocycles. The molecule has 0 atom stereocenters. The van der Waals surface area contributed by atoms with Crippen molar-refractivity contribution in [2.24, 2.45) is 0 Å². The van der Waals surface area contributed by atoms with Crippen molar-refractivity contribution in [3.8, 4) is 17.1 Å². The molecule has 8 nitrogen and oxygen atoms in total. The Morgan fingerprint density at radius 1 is 1.03 bits per heavy atom. The lowest BCUT2D eigenvalue weighted by atomic mass is 10.1. The van der Waals surface area contributed by atoms with E-state index in [1.165, 1.54) is 0 Å². The highest BCUT2D eigenvalue weighted by molar-refractivity contribution is 5.94. The summed E-state index contributed by atoms with van der Waals surface area (Å²) < 4.78 is 10.4. The minimum atomic E-state index is -0.494. The topological polar surface area (TPSA) is 106 Å². The van der Waals surface area contributed by atoms with Gasteiger partial charge in [0.2, 0.25) is 5.82 Å². The number of hydrogen-bond acceptors (Lipinski definition) is 6. The van der Waals surface area contributed by atoms with Crippen molar-refractivity contribution in [1.82, 2.24) is 20.8 Å². The average Bonchev–Trinajstić information content (AvgIpc) is 3.22. The van der Waals surface area contributed by atoms with Crippen LogP contribution in [0.25, 0.3) is 11.4 Å². The molecule has 2 N–H and O–H groups in total. The highest BCUT2D eigenvalue weighted by atomic mass is 16.5. The molecule has 3 aromatic rings. The van der Waals surface area contributed by atoms with Gasteiger partial charge in [-0.25, -0.2) is 0 Å². The summed E-state index contributed by atoms with van der Waals surface area (Å²) in [6.07, 6.45) is 0. The fraction of sp³-hybridized carbons (Fsp3) is 0.238. The largest absolute Gasteiger partial charge is 0.494 e. The van der Waals surface area contributed by atoms with Gasteiger partial charge in [0, 0.05) is 24.2 Å². The van der Waals surface area contributed by atoms with E-state index >= 15 is 0 Å². The lowest BCUT2D eigenvalue weighted by molar-refractivity contribution is 0.0898. The number of aromatic nitrogens is 2. The Balaban J connectivity index is 1.46. The molecule has 0 bridgehead atoms. The summed E-state index contributed by atoms with van der Waals surface area (Å²) in [4.78, 5) is 28.4. The van der Waals surface area contributed by atoms with E-state index < -0.39 is 5.91 Å². The third-order valence-corrected chi connectivity index (χ3v) is 4.02. The molecule has 0 fully saturated rings. The molecule has 0 aliphatic carbocycles. The Hall–Kier alpha value is -3.68. The summed E-state index contributed by atoms with van der Waals surface area (Å²) in [7, 11) is 0. The number of ether oxygens (including phenoxy) is 1. The lowest BCUT2D eigenvalue weighted by Crippen LogP contribution is -2.34. The number of hydrogen-bond donors (Lipinski definition) is 2. The normalized spacial score (nSPS) is 10.4. The second-order valence-electron chi connectivity index (χ2n) is 6.26. The molecular formula is C21H22N4O4.